The van der Waals surface area contributed by atoms with Crippen LogP contribution in [-0.4, -0.2) is 17.3 Å². The van der Waals surface area contributed by atoms with Gasteiger partial charge in [-0.3, -0.25) is 0 Å². The van der Waals surface area contributed by atoms with E-state index in [0.29, 0.717) is 12.5 Å². The number of ether oxygens (including phenoxy) is 2. The van der Waals surface area contributed by atoms with Crippen LogP contribution in [0.5, 0.6) is 0 Å². The van der Waals surface area contributed by atoms with Crippen molar-refractivity contribution < 1.29 is 9.47 Å². The molecule has 0 amide bonds. The monoisotopic (exact) mass is 272 g/mol. The number of benzene rings is 1. The highest BCUT2D eigenvalue weighted by atomic mass is 16.6. The topological polar surface area (TPSA) is 18.5 Å². The number of aryl methyl sites for hydroxylation is 1. The van der Waals surface area contributed by atoms with E-state index < -0.39 is 0 Å². The first-order chi connectivity index (χ1) is 9.45. The molecule has 1 fully saturated rings. The molecule has 20 heavy (non-hydrogen) atoms. The van der Waals surface area contributed by atoms with Crippen molar-refractivity contribution in [2.45, 2.75) is 58.0 Å². The first-order valence-corrected chi connectivity index (χ1v) is 7.52. The molecule has 3 rings (SSSR count). The summed E-state index contributed by atoms with van der Waals surface area (Å²) in [6.45, 7) is 9.38. The van der Waals surface area contributed by atoms with E-state index in [1.807, 2.05) is 0 Å². The first kappa shape index (κ1) is 13.8. The maximum Gasteiger partial charge on any atom is 0.111 e. The molecular weight excluding hydrogens is 248 g/mol. The fraction of sp³-hybridized carbons (Fsp3) is 0.556. The summed E-state index contributed by atoms with van der Waals surface area (Å²) in [6.07, 6.45) is 5.54. The Hall–Kier alpha value is -1.12. The van der Waals surface area contributed by atoms with Crippen molar-refractivity contribution in [1.82, 2.24) is 0 Å². The van der Waals surface area contributed by atoms with Crippen molar-refractivity contribution in [3.63, 3.8) is 0 Å². The zero-order valence-corrected chi connectivity index (χ0v) is 12.8. The van der Waals surface area contributed by atoms with Crippen LogP contribution in [0.4, 0.5) is 0 Å². The van der Waals surface area contributed by atoms with E-state index in [0.717, 1.165) is 6.42 Å². The number of fused-ring (bicyclic) bond motifs is 2. The van der Waals surface area contributed by atoms with Gasteiger partial charge in [-0.05, 0) is 30.9 Å². The van der Waals surface area contributed by atoms with E-state index in [1.54, 1.807) is 0 Å². The molecule has 2 heterocycles. The second kappa shape index (κ2) is 4.71. The van der Waals surface area contributed by atoms with Crippen molar-refractivity contribution in [1.29, 1.82) is 0 Å². The zero-order chi connectivity index (χ0) is 14.4. The van der Waals surface area contributed by atoms with Crippen molar-refractivity contribution in [2.24, 2.45) is 5.92 Å². The second-order valence-electron chi connectivity index (χ2n) is 6.66. The van der Waals surface area contributed by atoms with E-state index in [1.165, 1.54) is 11.1 Å². The Balaban J connectivity index is 1.71. The molecule has 0 aliphatic carbocycles. The SMILES string of the molecule is Cc1ccccc1COC1CC2(C(C)C)C=CC1(C)O2. The number of rotatable bonds is 4. The van der Waals surface area contributed by atoms with E-state index in [-0.39, 0.29) is 17.3 Å². The van der Waals surface area contributed by atoms with E-state index in [2.05, 4.69) is 64.1 Å². The van der Waals surface area contributed by atoms with Gasteiger partial charge < -0.3 is 9.47 Å². The summed E-state index contributed by atoms with van der Waals surface area (Å²) >= 11 is 0. The Morgan fingerprint density at radius 3 is 2.70 bits per heavy atom. The lowest BCUT2D eigenvalue weighted by molar-refractivity contribution is -0.0820. The Labute approximate surface area is 121 Å². The van der Waals surface area contributed by atoms with Crippen LogP contribution in [0.15, 0.2) is 36.4 Å². The lowest BCUT2D eigenvalue weighted by Crippen LogP contribution is -2.35. The van der Waals surface area contributed by atoms with Gasteiger partial charge in [0.15, 0.2) is 0 Å². The van der Waals surface area contributed by atoms with Gasteiger partial charge in [0.25, 0.3) is 0 Å². The van der Waals surface area contributed by atoms with Crippen molar-refractivity contribution in [3.8, 4) is 0 Å². The smallest absolute Gasteiger partial charge is 0.111 e. The summed E-state index contributed by atoms with van der Waals surface area (Å²) in [6, 6.07) is 8.41. The van der Waals surface area contributed by atoms with Gasteiger partial charge in [-0.2, -0.15) is 0 Å². The summed E-state index contributed by atoms with van der Waals surface area (Å²) in [5, 5.41) is 0. The first-order valence-electron chi connectivity index (χ1n) is 7.52. The molecule has 2 aliphatic rings. The molecule has 0 radical (unpaired) electrons. The van der Waals surface area contributed by atoms with Crippen molar-refractivity contribution >= 4 is 0 Å². The van der Waals surface area contributed by atoms with Gasteiger partial charge in [0.2, 0.25) is 0 Å². The quantitative estimate of drug-likeness (QED) is 0.771. The third-order valence-electron chi connectivity index (χ3n) is 4.93. The maximum absolute atomic E-state index is 6.30. The second-order valence-corrected chi connectivity index (χ2v) is 6.66. The van der Waals surface area contributed by atoms with Crippen LogP contribution in [0.2, 0.25) is 0 Å². The fourth-order valence-corrected chi connectivity index (χ4v) is 3.29. The van der Waals surface area contributed by atoms with Gasteiger partial charge in [-0.1, -0.05) is 50.3 Å². The molecule has 1 saturated heterocycles. The highest BCUT2D eigenvalue weighted by Crippen LogP contribution is 2.50. The van der Waals surface area contributed by atoms with Crippen LogP contribution in [0.3, 0.4) is 0 Å². The summed E-state index contributed by atoms with van der Waals surface area (Å²) in [5.74, 6) is 0.479. The minimum atomic E-state index is -0.257. The molecule has 1 aromatic rings. The molecule has 0 spiro atoms. The number of hydrogen-bond acceptors (Lipinski definition) is 2. The van der Waals surface area contributed by atoms with Crippen LogP contribution in [0.1, 0.15) is 38.3 Å². The van der Waals surface area contributed by atoms with Gasteiger partial charge in [0.1, 0.15) is 5.60 Å². The third kappa shape index (κ3) is 2.11. The Morgan fingerprint density at radius 1 is 1.30 bits per heavy atom. The largest absolute Gasteiger partial charge is 0.370 e. The maximum atomic E-state index is 6.30. The Bertz CT molecular complexity index is 534. The van der Waals surface area contributed by atoms with E-state index >= 15 is 0 Å². The average molecular weight is 272 g/mol. The third-order valence-corrected chi connectivity index (χ3v) is 4.93. The zero-order valence-electron chi connectivity index (χ0n) is 12.8. The Kier molecular flexibility index (Phi) is 3.26. The average Bonchev–Trinajstić information content (AvgIpc) is 2.90. The standard InChI is InChI=1S/C18H24O2/c1-13(2)18-10-9-17(4,20-18)16(11-18)19-12-15-8-6-5-7-14(15)3/h5-10,13,16H,11-12H2,1-4H3. The highest BCUT2D eigenvalue weighted by molar-refractivity contribution is 5.28. The predicted molar refractivity (Wildman–Crippen MR) is 80.6 cm³/mol. The summed E-state index contributed by atoms with van der Waals surface area (Å²) in [5.41, 5.74) is 2.18. The Morgan fingerprint density at radius 2 is 2.05 bits per heavy atom. The van der Waals surface area contributed by atoms with Gasteiger partial charge in [0.05, 0.1) is 18.3 Å². The molecule has 108 valence electrons. The lowest BCUT2D eigenvalue weighted by atomic mass is 9.81. The van der Waals surface area contributed by atoms with Gasteiger partial charge in [-0.25, -0.2) is 0 Å². The molecule has 2 aliphatic heterocycles. The molecule has 1 aromatic carbocycles. The summed E-state index contributed by atoms with van der Waals surface area (Å²) in [4.78, 5) is 0. The van der Waals surface area contributed by atoms with Gasteiger partial charge in [0, 0.05) is 6.42 Å². The van der Waals surface area contributed by atoms with Gasteiger partial charge in [-0.15, -0.1) is 0 Å². The molecule has 2 bridgehead atoms. The molecule has 2 heteroatoms. The summed E-state index contributed by atoms with van der Waals surface area (Å²) < 4.78 is 12.5. The van der Waals surface area contributed by atoms with E-state index in [9.17, 15) is 0 Å². The minimum absolute atomic E-state index is 0.120. The molecule has 0 saturated carbocycles. The van der Waals surface area contributed by atoms with Crippen molar-refractivity contribution in [2.75, 3.05) is 0 Å². The predicted octanol–water partition coefficient (Wildman–Crippen LogP) is 4.02. The van der Waals surface area contributed by atoms with E-state index in [4.69, 9.17) is 9.47 Å². The van der Waals surface area contributed by atoms with Gasteiger partial charge >= 0.3 is 0 Å². The normalized spacial score (nSPS) is 35.1. The lowest BCUT2D eigenvalue weighted by Gasteiger charge is -2.27. The molecule has 2 nitrogen and oxygen atoms in total. The van der Waals surface area contributed by atoms with Crippen LogP contribution in [0, 0.1) is 12.8 Å². The van der Waals surface area contributed by atoms with Crippen molar-refractivity contribution in [3.05, 3.63) is 47.5 Å². The molecule has 0 aromatic heterocycles. The molecule has 0 N–H and O–H groups in total. The van der Waals surface area contributed by atoms with Crippen LogP contribution < -0.4 is 0 Å². The highest BCUT2D eigenvalue weighted by Gasteiger charge is 2.57. The fourth-order valence-electron chi connectivity index (χ4n) is 3.29. The molecule has 3 unspecified atom stereocenters. The molecular formula is C18H24O2. The number of hydrogen-bond donors (Lipinski definition) is 0. The molecule has 3 atom stereocenters. The summed E-state index contributed by atoms with van der Waals surface area (Å²) in [7, 11) is 0. The van der Waals surface area contributed by atoms with Crippen LogP contribution in [0.25, 0.3) is 0 Å². The van der Waals surface area contributed by atoms with Crippen LogP contribution in [-0.2, 0) is 16.1 Å². The minimum Gasteiger partial charge on any atom is -0.370 e. The van der Waals surface area contributed by atoms with Crippen LogP contribution >= 0.6 is 0 Å².